The number of hydrogen-bond acceptors (Lipinski definition) is 5. The van der Waals surface area contributed by atoms with Gasteiger partial charge in [-0.15, -0.1) is 0 Å². The number of benzene rings is 1. The maximum absolute atomic E-state index is 12.7. The molecule has 1 aromatic rings. The average Bonchev–Trinajstić information content (AvgIpc) is 2.54. The van der Waals surface area contributed by atoms with Crippen molar-refractivity contribution in [2.45, 2.75) is 0 Å². The summed E-state index contributed by atoms with van der Waals surface area (Å²) in [5, 5.41) is 2.74. The van der Waals surface area contributed by atoms with Gasteiger partial charge in [-0.2, -0.15) is 4.31 Å². The quantitative estimate of drug-likeness (QED) is 0.735. The van der Waals surface area contributed by atoms with Gasteiger partial charge in [-0.1, -0.05) is 0 Å². The van der Waals surface area contributed by atoms with Gasteiger partial charge in [0.25, 0.3) is 5.91 Å². The van der Waals surface area contributed by atoms with E-state index in [-0.39, 0.29) is 18.3 Å². The highest BCUT2D eigenvalue weighted by atomic mass is 32.2. The van der Waals surface area contributed by atoms with E-state index in [1.54, 1.807) is 0 Å². The van der Waals surface area contributed by atoms with Crippen LogP contribution >= 0.6 is 0 Å². The summed E-state index contributed by atoms with van der Waals surface area (Å²) in [6.45, 7) is 3.23. The molecule has 0 saturated carbocycles. The van der Waals surface area contributed by atoms with Gasteiger partial charge in [0.15, 0.2) is 6.61 Å². The number of amides is 1. The largest absolute Gasteiger partial charge is 0.484 e. The normalized spacial score (nSPS) is 16.8. The topological polar surface area (TPSA) is 79.0 Å². The van der Waals surface area contributed by atoms with E-state index in [1.165, 1.54) is 34.8 Å². The van der Waals surface area contributed by atoms with E-state index in [0.717, 1.165) is 0 Å². The zero-order valence-corrected chi connectivity index (χ0v) is 14.4. The monoisotopic (exact) mass is 359 g/mol. The molecule has 24 heavy (non-hydrogen) atoms. The number of carbonyl (C=O) groups is 1. The summed E-state index contributed by atoms with van der Waals surface area (Å²) in [5.41, 5.74) is 0. The Morgan fingerprint density at radius 2 is 1.83 bits per heavy atom. The van der Waals surface area contributed by atoms with Crippen LogP contribution in [-0.4, -0.2) is 75.7 Å². The fourth-order valence-corrected chi connectivity index (χ4v) is 3.20. The number of rotatable bonds is 7. The Kier molecular flexibility index (Phi) is 6.52. The first kappa shape index (κ1) is 18.6. The highest BCUT2D eigenvalue weighted by molar-refractivity contribution is 7.88. The van der Waals surface area contributed by atoms with Crippen molar-refractivity contribution in [2.75, 3.05) is 52.1 Å². The number of ether oxygens (including phenoxy) is 1. The van der Waals surface area contributed by atoms with Crippen molar-refractivity contribution in [1.29, 1.82) is 0 Å². The van der Waals surface area contributed by atoms with Gasteiger partial charge in [-0.05, 0) is 24.3 Å². The van der Waals surface area contributed by atoms with Crippen LogP contribution in [0.25, 0.3) is 0 Å². The summed E-state index contributed by atoms with van der Waals surface area (Å²) in [6.07, 6.45) is 1.21. The molecule has 1 heterocycles. The third-order valence-corrected chi connectivity index (χ3v) is 5.04. The number of nitrogens with zero attached hydrogens (tertiary/aromatic N) is 2. The number of nitrogens with one attached hydrogen (secondary N) is 1. The molecule has 2 rings (SSSR count). The highest BCUT2D eigenvalue weighted by Gasteiger charge is 2.22. The molecule has 1 amide bonds. The summed E-state index contributed by atoms with van der Waals surface area (Å²) < 4.78 is 42.3. The van der Waals surface area contributed by atoms with Gasteiger partial charge in [0.1, 0.15) is 11.6 Å². The second-order valence-electron chi connectivity index (χ2n) is 5.60. The molecule has 1 fully saturated rings. The average molecular weight is 359 g/mol. The summed E-state index contributed by atoms with van der Waals surface area (Å²) in [7, 11) is -3.12. The van der Waals surface area contributed by atoms with Crippen LogP contribution in [0.5, 0.6) is 5.75 Å². The Bertz CT molecular complexity index is 643. The van der Waals surface area contributed by atoms with Gasteiger partial charge in [-0.25, -0.2) is 12.8 Å². The lowest BCUT2D eigenvalue weighted by atomic mass is 10.3. The Balaban J connectivity index is 1.60. The van der Waals surface area contributed by atoms with Crippen molar-refractivity contribution in [2.24, 2.45) is 0 Å². The molecular weight excluding hydrogens is 337 g/mol. The SMILES string of the molecule is CS(=O)(=O)N1CCN(CCNC(=O)COc2ccc(F)cc2)CC1. The fraction of sp³-hybridized carbons (Fsp3) is 0.533. The van der Waals surface area contributed by atoms with Crippen LogP contribution < -0.4 is 10.1 Å². The molecule has 0 atom stereocenters. The summed E-state index contributed by atoms with van der Waals surface area (Å²) in [6, 6.07) is 5.46. The molecule has 0 unspecified atom stereocenters. The summed E-state index contributed by atoms with van der Waals surface area (Å²) in [4.78, 5) is 13.8. The van der Waals surface area contributed by atoms with Crippen molar-refractivity contribution < 1.29 is 22.3 Å². The van der Waals surface area contributed by atoms with Gasteiger partial charge >= 0.3 is 0 Å². The first-order chi connectivity index (χ1) is 11.3. The molecule has 0 spiro atoms. The van der Waals surface area contributed by atoms with Crippen LogP contribution in [0, 0.1) is 5.82 Å². The smallest absolute Gasteiger partial charge is 0.257 e. The van der Waals surface area contributed by atoms with Crippen LogP contribution in [0.15, 0.2) is 24.3 Å². The number of piperazine rings is 1. The first-order valence-corrected chi connectivity index (χ1v) is 9.52. The number of halogens is 1. The van der Waals surface area contributed by atoms with E-state index >= 15 is 0 Å². The standard InChI is InChI=1S/C15H22FN3O4S/c1-24(21,22)19-10-8-18(9-11-19)7-6-17-15(20)12-23-14-4-2-13(16)3-5-14/h2-5H,6-12H2,1H3,(H,17,20). The minimum absolute atomic E-state index is 0.131. The molecule has 1 N–H and O–H groups in total. The second-order valence-corrected chi connectivity index (χ2v) is 7.58. The number of sulfonamides is 1. The molecule has 1 saturated heterocycles. The molecule has 1 aliphatic heterocycles. The van der Waals surface area contributed by atoms with Crippen LogP contribution in [-0.2, 0) is 14.8 Å². The fourth-order valence-electron chi connectivity index (χ4n) is 2.37. The third-order valence-electron chi connectivity index (χ3n) is 3.73. The van der Waals surface area contributed by atoms with Crippen molar-refractivity contribution in [3.63, 3.8) is 0 Å². The molecule has 134 valence electrons. The predicted octanol–water partition coefficient (Wildman–Crippen LogP) is -0.102. The van der Waals surface area contributed by atoms with E-state index < -0.39 is 10.0 Å². The zero-order chi connectivity index (χ0) is 17.6. The number of hydrogen-bond donors (Lipinski definition) is 1. The predicted molar refractivity (Wildman–Crippen MR) is 87.8 cm³/mol. The Morgan fingerprint density at radius 1 is 1.21 bits per heavy atom. The van der Waals surface area contributed by atoms with E-state index in [0.29, 0.717) is 45.0 Å². The summed E-state index contributed by atoms with van der Waals surface area (Å²) >= 11 is 0. The van der Waals surface area contributed by atoms with Gasteiger partial charge in [-0.3, -0.25) is 9.69 Å². The highest BCUT2D eigenvalue weighted by Crippen LogP contribution is 2.10. The molecular formula is C15H22FN3O4S. The van der Waals surface area contributed by atoms with Gasteiger partial charge in [0.05, 0.1) is 6.26 Å². The molecule has 1 aromatic carbocycles. The molecule has 0 aromatic heterocycles. The van der Waals surface area contributed by atoms with Crippen molar-refractivity contribution in [3.8, 4) is 5.75 Å². The Hall–Kier alpha value is -1.71. The Labute approximate surface area is 141 Å². The summed E-state index contributed by atoms with van der Waals surface area (Å²) in [5.74, 6) is -0.180. The molecule has 0 bridgehead atoms. The lowest BCUT2D eigenvalue weighted by Crippen LogP contribution is -2.50. The lowest BCUT2D eigenvalue weighted by molar-refractivity contribution is -0.123. The van der Waals surface area contributed by atoms with Gasteiger partial charge in [0, 0.05) is 39.3 Å². The molecule has 7 nitrogen and oxygen atoms in total. The van der Waals surface area contributed by atoms with Crippen LogP contribution in [0.4, 0.5) is 4.39 Å². The lowest BCUT2D eigenvalue weighted by Gasteiger charge is -2.33. The van der Waals surface area contributed by atoms with Crippen molar-refractivity contribution >= 4 is 15.9 Å². The van der Waals surface area contributed by atoms with E-state index in [4.69, 9.17) is 4.74 Å². The zero-order valence-electron chi connectivity index (χ0n) is 13.6. The minimum Gasteiger partial charge on any atom is -0.484 e. The third kappa shape index (κ3) is 6.06. The minimum atomic E-state index is -3.12. The first-order valence-electron chi connectivity index (χ1n) is 7.67. The molecule has 1 aliphatic rings. The molecule has 0 aliphatic carbocycles. The maximum atomic E-state index is 12.7. The van der Waals surface area contributed by atoms with Crippen LogP contribution in [0.1, 0.15) is 0 Å². The maximum Gasteiger partial charge on any atom is 0.257 e. The van der Waals surface area contributed by atoms with Crippen LogP contribution in [0.2, 0.25) is 0 Å². The second kappa shape index (κ2) is 8.41. The Morgan fingerprint density at radius 3 is 2.42 bits per heavy atom. The molecule has 9 heteroatoms. The van der Waals surface area contributed by atoms with E-state index in [2.05, 4.69) is 10.2 Å². The van der Waals surface area contributed by atoms with E-state index in [9.17, 15) is 17.6 Å². The van der Waals surface area contributed by atoms with Gasteiger partial charge in [0.2, 0.25) is 10.0 Å². The van der Waals surface area contributed by atoms with Gasteiger partial charge < -0.3 is 10.1 Å². The number of carbonyl (C=O) groups excluding carboxylic acids is 1. The van der Waals surface area contributed by atoms with E-state index in [1.807, 2.05) is 0 Å². The van der Waals surface area contributed by atoms with Crippen molar-refractivity contribution in [3.05, 3.63) is 30.1 Å². The van der Waals surface area contributed by atoms with Crippen molar-refractivity contribution in [1.82, 2.24) is 14.5 Å². The van der Waals surface area contributed by atoms with Crippen LogP contribution in [0.3, 0.4) is 0 Å². The molecule has 0 radical (unpaired) electrons.